The van der Waals surface area contributed by atoms with Gasteiger partial charge in [-0.3, -0.25) is 0 Å². The highest BCUT2D eigenvalue weighted by Crippen LogP contribution is 2.02. The van der Waals surface area contributed by atoms with Gasteiger partial charge in [0.25, 0.3) is 10.2 Å². The maximum Gasteiger partial charge on any atom is 0.279 e. The number of nitrogens with zero attached hydrogens (tertiary/aromatic N) is 1. The van der Waals surface area contributed by atoms with Crippen LogP contribution in [0.25, 0.3) is 0 Å². The summed E-state index contributed by atoms with van der Waals surface area (Å²) in [4.78, 5) is 0. The lowest BCUT2D eigenvalue weighted by atomic mass is 10.1. The van der Waals surface area contributed by atoms with E-state index in [-0.39, 0.29) is 0 Å². The normalized spacial score (nSPS) is 19.7. The molecule has 1 aliphatic heterocycles. The van der Waals surface area contributed by atoms with Crippen LogP contribution in [0.3, 0.4) is 0 Å². The first-order valence-electron chi connectivity index (χ1n) is 5.48. The Hall–Kier alpha value is -0.170. The van der Waals surface area contributed by atoms with Gasteiger partial charge in [-0.1, -0.05) is 13.8 Å². The average molecular weight is 235 g/mol. The Morgan fingerprint density at radius 2 is 1.93 bits per heavy atom. The molecule has 0 spiro atoms. The van der Waals surface area contributed by atoms with Crippen molar-refractivity contribution in [1.29, 1.82) is 0 Å². The lowest BCUT2D eigenvalue weighted by Gasteiger charge is -2.26. The van der Waals surface area contributed by atoms with E-state index in [2.05, 4.69) is 23.9 Å². The zero-order valence-corrected chi connectivity index (χ0v) is 10.3. The van der Waals surface area contributed by atoms with Crippen molar-refractivity contribution < 1.29 is 8.42 Å². The molecule has 1 aliphatic rings. The second-order valence-electron chi connectivity index (χ2n) is 4.23. The van der Waals surface area contributed by atoms with Crippen molar-refractivity contribution in [3.63, 3.8) is 0 Å². The topological polar surface area (TPSA) is 61.4 Å². The van der Waals surface area contributed by atoms with E-state index in [1.54, 1.807) is 0 Å². The first-order chi connectivity index (χ1) is 7.02. The molecule has 15 heavy (non-hydrogen) atoms. The molecule has 1 saturated heterocycles. The summed E-state index contributed by atoms with van der Waals surface area (Å²) in [5, 5.41) is 3.13. The third-order valence-electron chi connectivity index (χ3n) is 2.42. The maximum atomic E-state index is 11.8. The third kappa shape index (κ3) is 4.46. The lowest BCUT2D eigenvalue weighted by molar-refractivity contribution is 0.354. The van der Waals surface area contributed by atoms with Gasteiger partial charge in [-0.15, -0.1) is 0 Å². The highest BCUT2D eigenvalue weighted by atomic mass is 32.2. The van der Waals surface area contributed by atoms with E-state index < -0.39 is 10.2 Å². The van der Waals surface area contributed by atoms with Gasteiger partial charge in [0.15, 0.2) is 0 Å². The van der Waals surface area contributed by atoms with Crippen LogP contribution in [-0.4, -0.2) is 45.4 Å². The molecule has 6 heteroatoms. The zero-order valence-electron chi connectivity index (χ0n) is 9.49. The molecule has 0 aromatic rings. The molecular weight excluding hydrogens is 214 g/mol. The standard InChI is InChI=1S/C9H21N3O2S/c1-9(2)3-4-11-15(13,14)12-7-5-10-6-8-12/h9-11H,3-8H2,1-2H3. The van der Waals surface area contributed by atoms with Crippen LogP contribution in [-0.2, 0) is 10.2 Å². The fraction of sp³-hybridized carbons (Fsp3) is 1.00. The number of piperazine rings is 1. The van der Waals surface area contributed by atoms with Gasteiger partial charge in [0, 0.05) is 32.7 Å². The molecule has 0 unspecified atom stereocenters. The van der Waals surface area contributed by atoms with Crippen LogP contribution in [0.1, 0.15) is 20.3 Å². The Balaban J connectivity index is 2.36. The average Bonchev–Trinajstić information content (AvgIpc) is 2.18. The van der Waals surface area contributed by atoms with Crippen LogP contribution >= 0.6 is 0 Å². The SMILES string of the molecule is CC(C)CCNS(=O)(=O)N1CCNCC1. The van der Waals surface area contributed by atoms with E-state index in [4.69, 9.17) is 0 Å². The van der Waals surface area contributed by atoms with E-state index >= 15 is 0 Å². The third-order valence-corrected chi connectivity index (χ3v) is 4.04. The summed E-state index contributed by atoms with van der Waals surface area (Å²) >= 11 is 0. The predicted molar refractivity (Wildman–Crippen MR) is 60.8 cm³/mol. The van der Waals surface area contributed by atoms with Crippen molar-refractivity contribution in [2.45, 2.75) is 20.3 Å². The molecule has 1 rings (SSSR count). The van der Waals surface area contributed by atoms with Gasteiger partial charge in [0.05, 0.1) is 0 Å². The number of nitrogens with one attached hydrogen (secondary N) is 2. The minimum Gasteiger partial charge on any atom is -0.314 e. The molecule has 0 aromatic heterocycles. The summed E-state index contributed by atoms with van der Waals surface area (Å²) in [6, 6.07) is 0. The van der Waals surface area contributed by atoms with Gasteiger partial charge in [0.2, 0.25) is 0 Å². The van der Waals surface area contributed by atoms with Crippen molar-refractivity contribution in [3.05, 3.63) is 0 Å². The molecule has 90 valence electrons. The predicted octanol–water partition coefficient (Wildman–Crippen LogP) is -0.228. The largest absolute Gasteiger partial charge is 0.314 e. The Labute approximate surface area is 92.4 Å². The van der Waals surface area contributed by atoms with Crippen LogP contribution in [0.15, 0.2) is 0 Å². The molecule has 5 nitrogen and oxygen atoms in total. The van der Waals surface area contributed by atoms with E-state index in [0.717, 1.165) is 19.5 Å². The Bertz CT molecular complexity index is 271. The molecule has 0 aromatic carbocycles. The quantitative estimate of drug-likeness (QED) is 0.692. The molecule has 0 aliphatic carbocycles. The molecule has 1 heterocycles. The molecule has 0 amide bonds. The fourth-order valence-corrected chi connectivity index (χ4v) is 2.67. The molecule has 0 radical (unpaired) electrons. The van der Waals surface area contributed by atoms with Crippen molar-refractivity contribution in [3.8, 4) is 0 Å². The summed E-state index contributed by atoms with van der Waals surface area (Å²) < 4.78 is 27.6. The Morgan fingerprint density at radius 3 is 2.47 bits per heavy atom. The monoisotopic (exact) mass is 235 g/mol. The van der Waals surface area contributed by atoms with Gasteiger partial charge < -0.3 is 5.32 Å². The molecule has 0 saturated carbocycles. The first kappa shape index (κ1) is 12.9. The zero-order chi connectivity index (χ0) is 11.3. The summed E-state index contributed by atoms with van der Waals surface area (Å²) in [6.45, 7) is 7.31. The molecule has 0 atom stereocenters. The minimum absolute atomic E-state index is 0.524. The van der Waals surface area contributed by atoms with E-state index in [1.165, 1.54) is 4.31 Å². The van der Waals surface area contributed by atoms with Crippen LogP contribution < -0.4 is 10.0 Å². The van der Waals surface area contributed by atoms with Gasteiger partial charge in [0.1, 0.15) is 0 Å². The van der Waals surface area contributed by atoms with Crippen LogP contribution in [0, 0.1) is 5.92 Å². The number of hydrogen-bond donors (Lipinski definition) is 2. The van der Waals surface area contributed by atoms with Crippen LogP contribution in [0.4, 0.5) is 0 Å². The summed E-state index contributed by atoms with van der Waals surface area (Å²) in [7, 11) is -3.24. The van der Waals surface area contributed by atoms with Crippen LogP contribution in [0.5, 0.6) is 0 Å². The van der Waals surface area contributed by atoms with Crippen molar-refractivity contribution >= 4 is 10.2 Å². The van der Waals surface area contributed by atoms with Gasteiger partial charge in [-0.2, -0.15) is 12.7 Å². The highest BCUT2D eigenvalue weighted by molar-refractivity contribution is 7.87. The second kappa shape index (κ2) is 5.79. The molecule has 1 fully saturated rings. The number of rotatable bonds is 5. The van der Waals surface area contributed by atoms with Gasteiger partial charge in [-0.05, 0) is 12.3 Å². The molecule has 0 bridgehead atoms. The minimum atomic E-state index is -3.24. The fourth-order valence-electron chi connectivity index (χ4n) is 1.45. The van der Waals surface area contributed by atoms with Crippen molar-refractivity contribution in [2.75, 3.05) is 32.7 Å². The maximum absolute atomic E-state index is 11.8. The first-order valence-corrected chi connectivity index (χ1v) is 6.92. The molecular formula is C9H21N3O2S. The van der Waals surface area contributed by atoms with Gasteiger partial charge in [-0.25, -0.2) is 4.72 Å². The Morgan fingerprint density at radius 1 is 1.33 bits per heavy atom. The summed E-state index contributed by atoms with van der Waals surface area (Å²) in [5.41, 5.74) is 0. The summed E-state index contributed by atoms with van der Waals surface area (Å²) in [6.07, 6.45) is 0.880. The van der Waals surface area contributed by atoms with Crippen molar-refractivity contribution in [1.82, 2.24) is 14.3 Å². The van der Waals surface area contributed by atoms with E-state index in [1.807, 2.05) is 0 Å². The van der Waals surface area contributed by atoms with Crippen molar-refractivity contribution in [2.24, 2.45) is 5.92 Å². The lowest BCUT2D eigenvalue weighted by Crippen LogP contribution is -2.50. The van der Waals surface area contributed by atoms with Crippen LogP contribution in [0.2, 0.25) is 0 Å². The van der Waals surface area contributed by atoms with E-state index in [9.17, 15) is 8.42 Å². The van der Waals surface area contributed by atoms with E-state index in [0.29, 0.717) is 25.6 Å². The molecule has 2 N–H and O–H groups in total. The highest BCUT2D eigenvalue weighted by Gasteiger charge is 2.22. The smallest absolute Gasteiger partial charge is 0.279 e. The summed E-state index contributed by atoms with van der Waals surface area (Å²) in [5.74, 6) is 0.524. The second-order valence-corrected chi connectivity index (χ2v) is 5.99. The van der Waals surface area contributed by atoms with Gasteiger partial charge >= 0.3 is 0 Å². The number of hydrogen-bond acceptors (Lipinski definition) is 3. The Kier molecular flexibility index (Phi) is 4.98.